The molecule has 4 heteroatoms. The van der Waals surface area contributed by atoms with Gasteiger partial charge in [-0.15, -0.1) is 0 Å². The first-order valence-corrected chi connectivity index (χ1v) is 7.01. The highest BCUT2D eigenvalue weighted by Gasteiger charge is 2.37. The summed E-state index contributed by atoms with van der Waals surface area (Å²) in [5.41, 5.74) is 0. The maximum Gasteiger partial charge on any atom is 0.252 e. The second-order valence-electron chi connectivity index (χ2n) is 5.64. The molecule has 0 N–H and O–H groups in total. The Morgan fingerprint density at radius 3 is 2.67 bits per heavy atom. The number of nitrogens with zero attached hydrogens (tertiary/aromatic N) is 1. The Morgan fingerprint density at radius 2 is 2.06 bits per heavy atom. The van der Waals surface area contributed by atoms with E-state index in [0.29, 0.717) is 18.9 Å². The topological polar surface area (TPSA) is 46.6 Å². The predicted octanol–water partition coefficient (Wildman–Crippen LogP) is 1.77. The molecule has 0 bridgehead atoms. The summed E-state index contributed by atoms with van der Waals surface area (Å²) in [6.45, 7) is 5.14. The van der Waals surface area contributed by atoms with E-state index in [-0.39, 0.29) is 23.8 Å². The van der Waals surface area contributed by atoms with Gasteiger partial charge < -0.3 is 9.64 Å². The Bertz CT molecular complexity index is 329. The molecule has 4 nitrogen and oxygen atoms in total. The molecule has 0 saturated carbocycles. The molecule has 0 spiro atoms. The maximum absolute atomic E-state index is 12.5. The van der Waals surface area contributed by atoms with E-state index < -0.39 is 0 Å². The van der Waals surface area contributed by atoms with E-state index >= 15 is 0 Å². The third-order valence-corrected chi connectivity index (χ3v) is 4.06. The minimum absolute atomic E-state index is 0.0974. The highest BCUT2D eigenvalue weighted by Crippen LogP contribution is 2.26. The number of piperidine rings is 1. The number of likely N-dealkylation sites (tertiary alicyclic amines) is 1. The van der Waals surface area contributed by atoms with Crippen LogP contribution in [0.3, 0.4) is 0 Å². The number of ketones is 1. The van der Waals surface area contributed by atoms with Crippen LogP contribution in [0.15, 0.2) is 0 Å². The Balaban J connectivity index is 2.03. The zero-order valence-electron chi connectivity index (χ0n) is 11.4. The number of hydrogen-bond donors (Lipinski definition) is 0. The van der Waals surface area contributed by atoms with Gasteiger partial charge in [-0.05, 0) is 38.5 Å². The standard InChI is InChI=1S/C14H23NO3/c1-10-6-8-18-13(10)14(17)15-7-4-3-5-12(15)9-11(2)16/h10,12-13H,3-9H2,1-2H3. The molecule has 3 unspecified atom stereocenters. The van der Waals surface area contributed by atoms with E-state index in [1.54, 1.807) is 6.92 Å². The first-order chi connectivity index (χ1) is 8.59. The molecule has 0 aliphatic carbocycles. The fourth-order valence-corrected chi connectivity index (χ4v) is 3.01. The lowest BCUT2D eigenvalue weighted by molar-refractivity contribution is -0.146. The number of carbonyl (C=O) groups excluding carboxylic acids is 2. The summed E-state index contributed by atoms with van der Waals surface area (Å²) < 4.78 is 5.56. The van der Waals surface area contributed by atoms with Crippen molar-refractivity contribution in [2.24, 2.45) is 5.92 Å². The van der Waals surface area contributed by atoms with Crippen LogP contribution in [0.4, 0.5) is 0 Å². The van der Waals surface area contributed by atoms with Gasteiger partial charge in [-0.3, -0.25) is 9.59 Å². The monoisotopic (exact) mass is 253 g/mol. The molecule has 0 aromatic rings. The van der Waals surface area contributed by atoms with Crippen LogP contribution < -0.4 is 0 Å². The number of Topliss-reactive ketones (excluding diaryl/α,β-unsaturated/α-hetero) is 1. The normalized spacial score (nSPS) is 32.6. The summed E-state index contributed by atoms with van der Waals surface area (Å²) in [5.74, 6) is 0.573. The SMILES string of the molecule is CC(=O)CC1CCCCN1C(=O)C1OCCC1C. The van der Waals surface area contributed by atoms with Crippen LogP contribution in [-0.2, 0) is 14.3 Å². The van der Waals surface area contributed by atoms with Crippen molar-refractivity contribution in [3.05, 3.63) is 0 Å². The zero-order chi connectivity index (χ0) is 13.1. The number of rotatable bonds is 3. The highest BCUT2D eigenvalue weighted by molar-refractivity contribution is 5.83. The van der Waals surface area contributed by atoms with E-state index in [2.05, 4.69) is 6.92 Å². The summed E-state index contributed by atoms with van der Waals surface area (Å²) in [6, 6.07) is 0.0974. The minimum atomic E-state index is -0.280. The summed E-state index contributed by atoms with van der Waals surface area (Å²) in [7, 11) is 0. The van der Waals surface area contributed by atoms with E-state index in [4.69, 9.17) is 4.74 Å². The van der Waals surface area contributed by atoms with Gasteiger partial charge in [-0.25, -0.2) is 0 Å². The van der Waals surface area contributed by atoms with Crippen LogP contribution in [0.25, 0.3) is 0 Å². The molecular weight excluding hydrogens is 230 g/mol. The molecule has 0 aromatic heterocycles. The fourth-order valence-electron chi connectivity index (χ4n) is 3.01. The van der Waals surface area contributed by atoms with Crippen LogP contribution in [0, 0.1) is 5.92 Å². The predicted molar refractivity (Wildman–Crippen MR) is 68.2 cm³/mol. The Hall–Kier alpha value is -0.900. The second kappa shape index (κ2) is 5.83. The van der Waals surface area contributed by atoms with Gasteiger partial charge in [0.1, 0.15) is 11.9 Å². The minimum Gasteiger partial charge on any atom is -0.368 e. The second-order valence-corrected chi connectivity index (χ2v) is 5.64. The number of ether oxygens (including phenoxy) is 1. The summed E-state index contributed by atoms with van der Waals surface area (Å²) >= 11 is 0. The molecule has 2 aliphatic heterocycles. The van der Waals surface area contributed by atoms with Crippen molar-refractivity contribution in [2.45, 2.75) is 58.1 Å². The molecule has 3 atom stereocenters. The Labute approximate surface area is 109 Å². The largest absolute Gasteiger partial charge is 0.368 e. The van der Waals surface area contributed by atoms with E-state index in [1.165, 1.54) is 0 Å². The van der Waals surface area contributed by atoms with E-state index in [1.807, 2.05) is 4.90 Å². The lowest BCUT2D eigenvalue weighted by Crippen LogP contribution is -2.49. The average molecular weight is 253 g/mol. The van der Waals surface area contributed by atoms with Crippen molar-refractivity contribution in [2.75, 3.05) is 13.2 Å². The Morgan fingerprint density at radius 1 is 1.28 bits per heavy atom. The molecular formula is C14H23NO3. The van der Waals surface area contributed by atoms with Crippen LogP contribution in [0.5, 0.6) is 0 Å². The van der Waals surface area contributed by atoms with Crippen LogP contribution >= 0.6 is 0 Å². The van der Waals surface area contributed by atoms with E-state index in [0.717, 1.165) is 32.2 Å². The Kier molecular flexibility index (Phi) is 4.38. The summed E-state index contributed by atoms with van der Waals surface area (Å²) in [5, 5.41) is 0. The van der Waals surface area contributed by atoms with Crippen molar-refractivity contribution >= 4 is 11.7 Å². The quantitative estimate of drug-likeness (QED) is 0.770. The molecule has 2 fully saturated rings. The molecule has 2 heterocycles. The van der Waals surface area contributed by atoms with Gasteiger partial charge in [0, 0.05) is 25.6 Å². The lowest BCUT2D eigenvalue weighted by Gasteiger charge is -2.37. The molecule has 2 rings (SSSR count). The van der Waals surface area contributed by atoms with Crippen LogP contribution in [-0.4, -0.2) is 41.9 Å². The van der Waals surface area contributed by atoms with Crippen LogP contribution in [0.1, 0.15) is 46.0 Å². The maximum atomic E-state index is 12.5. The number of carbonyl (C=O) groups is 2. The van der Waals surface area contributed by atoms with Gasteiger partial charge in [-0.2, -0.15) is 0 Å². The average Bonchev–Trinajstić information content (AvgIpc) is 2.74. The van der Waals surface area contributed by atoms with Crippen LogP contribution in [0.2, 0.25) is 0 Å². The van der Waals surface area contributed by atoms with Crippen molar-refractivity contribution < 1.29 is 14.3 Å². The third kappa shape index (κ3) is 2.91. The fraction of sp³-hybridized carbons (Fsp3) is 0.857. The molecule has 18 heavy (non-hydrogen) atoms. The summed E-state index contributed by atoms with van der Waals surface area (Å²) in [6.07, 6.45) is 4.28. The van der Waals surface area contributed by atoms with Gasteiger partial charge in [0.25, 0.3) is 5.91 Å². The van der Waals surface area contributed by atoms with Crippen molar-refractivity contribution in [1.29, 1.82) is 0 Å². The van der Waals surface area contributed by atoms with Gasteiger partial charge in [0.2, 0.25) is 0 Å². The van der Waals surface area contributed by atoms with Crippen molar-refractivity contribution in [1.82, 2.24) is 4.90 Å². The number of amides is 1. The molecule has 1 amide bonds. The van der Waals surface area contributed by atoms with Gasteiger partial charge in [-0.1, -0.05) is 6.92 Å². The zero-order valence-corrected chi connectivity index (χ0v) is 11.4. The van der Waals surface area contributed by atoms with E-state index in [9.17, 15) is 9.59 Å². The van der Waals surface area contributed by atoms with Gasteiger partial charge >= 0.3 is 0 Å². The lowest BCUT2D eigenvalue weighted by atomic mass is 9.95. The highest BCUT2D eigenvalue weighted by atomic mass is 16.5. The molecule has 0 aromatic carbocycles. The van der Waals surface area contributed by atoms with Crippen molar-refractivity contribution in [3.8, 4) is 0 Å². The molecule has 0 radical (unpaired) electrons. The first kappa shape index (κ1) is 13.5. The summed E-state index contributed by atoms with van der Waals surface area (Å²) in [4.78, 5) is 25.7. The molecule has 102 valence electrons. The van der Waals surface area contributed by atoms with Gasteiger partial charge in [0.05, 0.1) is 0 Å². The smallest absolute Gasteiger partial charge is 0.252 e. The number of hydrogen-bond acceptors (Lipinski definition) is 3. The molecule has 2 aliphatic rings. The van der Waals surface area contributed by atoms with Crippen molar-refractivity contribution in [3.63, 3.8) is 0 Å². The third-order valence-electron chi connectivity index (χ3n) is 4.06. The first-order valence-electron chi connectivity index (χ1n) is 7.01. The molecule has 2 saturated heterocycles. The van der Waals surface area contributed by atoms with Gasteiger partial charge in [0.15, 0.2) is 0 Å².